The van der Waals surface area contributed by atoms with Crippen LogP contribution in [0.2, 0.25) is 0 Å². The summed E-state index contributed by atoms with van der Waals surface area (Å²) in [6.45, 7) is 0. The van der Waals surface area contributed by atoms with Crippen molar-refractivity contribution in [2.45, 2.75) is 0 Å². The second-order valence-electron chi connectivity index (χ2n) is 0.289. The third-order valence-electron chi connectivity index (χ3n) is 0. The summed E-state index contributed by atoms with van der Waals surface area (Å²) < 4.78 is 0. The van der Waals surface area contributed by atoms with Gasteiger partial charge < -0.3 is 15.1 Å². The quantitative estimate of drug-likeness (QED) is 0.344. The predicted molar refractivity (Wildman–Crippen MR) is 5.75 cm³/mol. The maximum Gasteiger partial charge on any atom is 0 e. The van der Waals surface area contributed by atoms with Crippen molar-refractivity contribution >= 4 is 7.32 Å². The molecule has 34 valence electrons. The van der Waals surface area contributed by atoms with Crippen molar-refractivity contribution in [2.24, 2.45) is 0 Å². The first-order valence-electron chi connectivity index (χ1n) is 0.707. The van der Waals surface area contributed by atoms with Crippen molar-refractivity contribution in [3.8, 4) is 0 Å². The van der Waals surface area contributed by atoms with Gasteiger partial charge in [0.1, 0.15) is 0 Å². The maximum absolute atomic E-state index is 8.42. The van der Waals surface area contributed by atoms with Crippen molar-refractivity contribution < 1.29 is 35.5 Å². The van der Waals surface area contributed by atoms with E-state index in [1.54, 1.807) is 0 Å². The molecular weight excluding hydrogens is 165 g/mol. The average Bonchev–Trinajstić information content (AvgIpc) is 0.811. The van der Waals surface area contributed by atoms with Gasteiger partial charge in [-0.15, -0.1) is 0 Å². The first-order chi connectivity index (χ1) is 1.73. The van der Waals surface area contributed by atoms with Gasteiger partial charge in [0.15, 0.2) is 0 Å². The van der Waals surface area contributed by atoms with Gasteiger partial charge in [0, 0.05) is 20.4 Å². The molecule has 0 atom stereocenters. The molecule has 0 aromatic carbocycles. The molecule has 0 heterocycles. The molecule has 0 N–H and O–H groups in total. The van der Waals surface area contributed by atoms with E-state index >= 15 is 0 Å². The van der Waals surface area contributed by atoms with Gasteiger partial charge in [0.2, 0.25) is 0 Å². The van der Waals surface area contributed by atoms with Crippen LogP contribution in [0, 0.1) is 0 Å². The molecule has 0 amide bonds. The second kappa shape index (κ2) is 4.61. The van der Waals surface area contributed by atoms with Crippen LogP contribution in [0.15, 0.2) is 0 Å². The average molecular weight is 165 g/mol. The predicted octanol–water partition coefficient (Wildman–Crippen LogP) is -3.95. The number of hydrogen-bond acceptors (Lipinski definition) is 3. The molecule has 0 spiro atoms. The fraction of sp³-hybridized carbons (Fsp3) is 0. The molecule has 0 aliphatic rings. The Bertz CT molecular complexity index is 11.6. The molecule has 0 unspecified atom stereocenters. The molecule has 0 bridgehead atoms. The van der Waals surface area contributed by atoms with Crippen molar-refractivity contribution in [2.75, 3.05) is 0 Å². The molecule has 5 heteroatoms. The van der Waals surface area contributed by atoms with Crippen molar-refractivity contribution in [3.63, 3.8) is 0 Å². The van der Waals surface area contributed by atoms with Crippen LogP contribution in [0.5, 0.6) is 0 Å². The standard InChI is InChI=1S/BO3.Pd/c2-1(3)4;/q-3;. The molecule has 0 rings (SSSR count). The molecule has 0 aromatic heterocycles. The van der Waals surface area contributed by atoms with E-state index < -0.39 is 7.32 Å². The van der Waals surface area contributed by atoms with Gasteiger partial charge >= 0.3 is 0 Å². The van der Waals surface area contributed by atoms with Crippen LogP contribution in [0.25, 0.3) is 0 Å². The van der Waals surface area contributed by atoms with E-state index in [-0.39, 0.29) is 20.4 Å². The van der Waals surface area contributed by atoms with E-state index in [0.29, 0.717) is 0 Å². The normalized spacial score (nSPS) is 5.40. The summed E-state index contributed by atoms with van der Waals surface area (Å²) in [5.41, 5.74) is 0. The summed E-state index contributed by atoms with van der Waals surface area (Å²) in [6, 6.07) is 0. The fourth-order valence-electron chi connectivity index (χ4n) is 0. The topological polar surface area (TPSA) is 69.2 Å². The molecule has 0 aliphatic heterocycles. The van der Waals surface area contributed by atoms with E-state index in [2.05, 4.69) is 0 Å². The molecule has 0 saturated heterocycles. The molecule has 0 radical (unpaired) electrons. The largest absolute Gasteiger partial charge is 0.907 e. The van der Waals surface area contributed by atoms with E-state index in [0.717, 1.165) is 0 Å². The SMILES string of the molecule is [O-]B([O-])[O-].[Pd]. The zero-order valence-electron chi connectivity index (χ0n) is 2.12. The smallest absolute Gasteiger partial charge is 0 e. The molecule has 0 aromatic rings. The fourth-order valence-corrected chi connectivity index (χ4v) is 0. The van der Waals surface area contributed by atoms with Gasteiger partial charge in [-0.25, -0.2) is 0 Å². The Labute approximate surface area is 43.5 Å². The minimum Gasteiger partial charge on any atom is -0.907 e. The maximum atomic E-state index is 8.42. The van der Waals surface area contributed by atoms with Crippen LogP contribution < -0.4 is 15.1 Å². The van der Waals surface area contributed by atoms with Crippen LogP contribution in [0.1, 0.15) is 0 Å². The van der Waals surface area contributed by atoms with Crippen molar-refractivity contribution in [1.82, 2.24) is 0 Å². The summed E-state index contributed by atoms with van der Waals surface area (Å²) in [5, 5.41) is 25.2. The monoisotopic (exact) mass is 165 g/mol. The van der Waals surface area contributed by atoms with Crippen molar-refractivity contribution in [3.05, 3.63) is 0 Å². The summed E-state index contributed by atoms with van der Waals surface area (Å²) >= 11 is 0. The van der Waals surface area contributed by atoms with Crippen molar-refractivity contribution in [1.29, 1.82) is 0 Å². The molecular formula is BO3Pd-3. The van der Waals surface area contributed by atoms with E-state index in [1.807, 2.05) is 0 Å². The summed E-state index contributed by atoms with van der Waals surface area (Å²) in [7, 11) is -2.92. The third kappa shape index (κ3) is 84.9. The third-order valence-corrected chi connectivity index (χ3v) is 0. The first-order valence-corrected chi connectivity index (χ1v) is 0.707. The van der Waals surface area contributed by atoms with E-state index in [4.69, 9.17) is 15.1 Å². The van der Waals surface area contributed by atoms with Crippen LogP contribution in [0.3, 0.4) is 0 Å². The van der Waals surface area contributed by atoms with Gasteiger partial charge in [0.05, 0.1) is 0 Å². The zero-order chi connectivity index (χ0) is 3.58. The summed E-state index contributed by atoms with van der Waals surface area (Å²) in [4.78, 5) is 0. The Balaban J connectivity index is 0. The van der Waals surface area contributed by atoms with Gasteiger partial charge in [-0.2, -0.15) is 0 Å². The Kier molecular flexibility index (Phi) is 8.43. The Morgan fingerprint density at radius 3 is 1.00 bits per heavy atom. The molecule has 0 aliphatic carbocycles. The van der Waals surface area contributed by atoms with E-state index in [1.165, 1.54) is 0 Å². The van der Waals surface area contributed by atoms with Crippen LogP contribution >= 0.6 is 0 Å². The minimum atomic E-state index is -2.92. The second-order valence-corrected chi connectivity index (χ2v) is 0.289. The van der Waals surface area contributed by atoms with Crippen LogP contribution in [-0.2, 0) is 20.4 Å². The van der Waals surface area contributed by atoms with Gasteiger partial charge in [-0.05, 0) is 0 Å². The van der Waals surface area contributed by atoms with Gasteiger partial charge in [-0.1, -0.05) is 0 Å². The molecule has 3 nitrogen and oxygen atoms in total. The van der Waals surface area contributed by atoms with Crippen LogP contribution in [-0.4, -0.2) is 7.32 Å². The summed E-state index contributed by atoms with van der Waals surface area (Å²) in [5.74, 6) is 0. The minimum absolute atomic E-state index is 0. The van der Waals surface area contributed by atoms with Crippen LogP contribution in [0.4, 0.5) is 0 Å². The zero-order valence-corrected chi connectivity index (χ0v) is 3.67. The summed E-state index contributed by atoms with van der Waals surface area (Å²) in [6.07, 6.45) is 0. The molecule has 5 heavy (non-hydrogen) atoms. The Morgan fingerprint density at radius 2 is 1.00 bits per heavy atom. The Hall–Kier alpha value is 0.607. The van der Waals surface area contributed by atoms with Gasteiger partial charge in [-0.3, -0.25) is 7.32 Å². The Morgan fingerprint density at radius 1 is 1.00 bits per heavy atom. The van der Waals surface area contributed by atoms with E-state index in [9.17, 15) is 0 Å². The molecule has 0 fully saturated rings. The number of hydrogen-bond donors (Lipinski definition) is 0. The molecule has 0 saturated carbocycles. The van der Waals surface area contributed by atoms with Gasteiger partial charge in [0.25, 0.3) is 0 Å². The first kappa shape index (κ1) is 9.15. The number of rotatable bonds is 0.